The number of benzene rings is 2. The van der Waals surface area contributed by atoms with Crippen LogP contribution in [0.3, 0.4) is 0 Å². The van der Waals surface area contributed by atoms with E-state index in [1.165, 1.54) is 18.2 Å². The third-order valence-corrected chi connectivity index (χ3v) is 3.63. The number of hydrogen-bond acceptors (Lipinski definition) is 4. The molecule has 0 aliphatic carbocycles. The fourth-order valence-corrected chi connectivity index (χ4v) is 2.43. The van der Waals surface area contributed by atoms with Gasteiger partial charge in [-0.15, -0.1) is 0 Å². The molecular formula is C18H14ClN3O2. The summed E-state index contributed by atoms with van der Waals surface area (Å²) < 4.78 is 0. The van der Waals surface area contributed by atoms with Crippen LogP contribution < -0.4 is 5.32 Å². The lowest BCUT2D eigenvalue weighted by atomic mass is 10.1. The van der Waals surface area contributed by atoms with Crippen molar-refractivity contribution >= 4 is 23.2 Å². The number of nitrogens with zero attached hydrogens (tertiary/aromatic N) is 2. The lowest BCUT2D eigenvalue weighted by molar-refractivity contribution is 0.102. The number of phenols is 1. The minimum absolute atomic E-state index is 0.116. The quantitative estimate of drug-likeness (QED) is 0.754. The highest BCUT2D eigenvalue weighted by molar-refractivity contribution is 6.31. The van der Waals surface area contributed by atoms with Crippen LogP contribution in [0.4, 0.5) is 5.69 Å². The average molecular weight is 340 g/mol. The van der Waals surface area contributed by atoms with Crippen molar-refractivity contribution in [3.8, 4) is 17.0 Å². The number of carbonyl (C=O) groups excluding carboxylic acids is 1. The number of rotatable bonds is 3. The molecule has 0 unspecified atom stereocenters. The Labute approximate surface area is 144 Å². The van der Waals surface area contributed by atoms with Gasteiger partial charge in [0.15, 0.2) is 0 Å². The molecule has 24 heavy (non-hydrogen) atoms. The standard InChI is InChI=1S/C18H14ClN3O2/c1-11-20-8-7-16(21-11)12-3-2-4-14(9-12)22-18(24)15-10-13(19)5-6-17(15)23/h2-10,23H,1H3,(H,22,24). The average Bonchev–Trinajstić information content (AvgIpc) is 2.57. The highest BCUT2D eigenvalue weighted by Crippen LogP contribution is 2.24. The second-order valence-corrected chi connectivity index (χ2v) is 5.62. The maximum absolute atomic E-state index is 12.3. The summed E-state index contributed by atoms with van der Waals surface area (Å²) >= 11 is 5.88. The van der Waals surface area contributed by atoms with E-state index < -0.39 is 5.91 Å². The third kappa shape index (κ3) is 3.52. The summed E-state index contributed by atoms with van der Waals surface area (Å²) in [6, 6.07) is 13.4. The molecule has 1 amide bonds. The largest absolute Gasteiger partial charge is 0.507 e. The number of carbonyl (C=O) groups is 1. The fourth-order valence-electron chi connectivity index (χ4n) is 2.26. The van der Waals surface area contributed by atoms with Crippen molar-refractivity contribution in [3.63, 3.8) is 0 Å². The second kappa shape index (κ2) is 6.68. The van der Waals surface area contributed by atoms with Gasteiger partial charge in [-0.1, -0.05) is 23.7 Å². The van der Waals surface area contributed by atoms with Gasteiger partial charge >= 0.3 is 0 Å². The van der Waals surface area contributed by atoms with Crippen molar-refractivity contribution in [1.29, 1.82) is 0 Å². The number of anilines is 1. The molecule has 1 aromatic heterocycles. The Hall–Kier alpha value is -2.92. The van der Waals surface area contributed by atoms with Crippen molar-refractivity contribution in [2.45, 2.75) is 6.92 Å². The molecule has 3 aromatic rings. The maximum Gasteiger partial charge on any atom is 0.259 e. The SMILES string of the molecule is Cc1nccc(-c2cccc(NC(=O)c3cc(Cl)ccc3O)c2)n1. The Morgan fingerprint density at radius 1 is 1.17 bits per heavy atom. The van der Waals surface area contributed by atoms with Crippen LogP contribution in [0.15, 0.2) is 54.7 Å². The van der Waals surface area contributed by atoms with Gasteiger partial charge in [0.2, 0.25) is 0 Å². The van der Waals surface area contributed by atoms with E-state index in [4.69, 9.17) is 11.6 Å². The predicted octanol–water partition coefficient (Wildman–Crippen LogP) is 4.06. The number of nitrogens with one attached hydrogen (secondary N) is 1. The zero-order valence-electron chi connectivity index (χ0n) is 12.8. The van der Waals surface area contributed by atoms with Crippen LogP contribution >= 0.6 is 11.6 Å². The van der Waals surface area contributed by atoms with Gasteiger partial charge in [-0.3, -0.25) is 4.79 Å². The van der Waals surface area contributed by atoms with E-state index in [1.54, 1.807) is 24.4 Å². The van der Waals surface area contributed by atoms with Crippen LogP contribution in [0.2, 0.25) is 5.02 Å². The molecule has 2 aromatic carbocycles. The summed E-state index contributed by atoms with van der Waals surface area (Å²) in [5, 5.41) is 12.9. The number of aryl methyl sites for hydroxylation is 1. The Morgan fingerprint density at radius 2 is 2.00 bits per heavy atom. The van der Waals surface area contributed by atoms with Crippen LogP contribution in [0.5, 0.6) is 5.75 Å². The van der Waals surface area contributed by atoms with E-state index in [-0.39, 0.29) is 11.3 Å². The summed E-state index contributed by atoms with van der Waals surface area (Å²) in [5.41, 5.74) is 2.33. The van der Waals surface area contributed by atoms with Gasteiger partial charge in [-0.25, -0.2) is 9.97 Å². The number of hydrogen-bond donors (Lipinski definition) is 2. The first-order valence-electron chi connectivity index (χ1n) is 7.23. The first kappa shape index (κ1) is 16.0. The topological polar surface area (TPSA) is 75.1 Å². The number of aromatic nitrogens is 2. The van der Waals surface area contributed by atoms with Crippen molar-refractivity contribution in [2.75, 3.05) is 5.32 Å². The minimum atomic E-state index is -0.439. The molecular weight excluding hydrogens is 326 g/mol. The van der Waals surface area contributed by atoms with Crippen LogP contribution in [0, 0.1) is 6.92 Å². The van der Waals surface area contributed by atoms with Gasteiger partial charge in [0.05, 0.1) is 11.3 Å². The van der Waals surface area contributed by atoms with Gasteiger partial charge in [-0.2, -0.15) is 0 Å². The lowest BCUT2D eigenvalue weighted by Gasteiger charge is -2.09. The van der Waals surface area contributed by atoms with E-state index in [0.29, 0.717) is 16.5 Å². The van der Waals surface area contributed by atoms with E-state index in [9.17, 15) is 9.90 Å². The molecule has 0 spiro atoms. The molecule has 0 saturated carbocycles. The fraction of sp³-hybridized carbons (Fsp3) is 0.0556. The summed E-state index contributed by atoms with van der Waals surface area (Å²) in [6.45, 7) is 1.82. The predicted molar refractivity (Wildman–Crippen MR) is 93.3 cm³/mol. The van der Waals surface area contributed by atoms with E-state index in [1.807, 2.05) is 19.1 Å². The first-order valence-corrected chi connectivity index (χ1v) is 7.61. The van der Waals surface area contributed by atoms with E-state index in [0.717, 1.165) is 11.3 Å². The molecule has 0 bridgehead atoms. The van der Waals surface area contributed by atoms with Crippen LogP contribution in [-0.2, 0) is 0 Å². The van der Waals surface area contributed by atoms with Crippen molar-refractivity contribution < 1.29 is 9.90 Å². The molecule has 3 rings (SSSR count). The Balaban J connectivity index is 1.87. The van der Waals surface area contributed by atoms with E-state index in [2.05, 4.69) is 15.3 Å². The number of aromatic hydroxyl groups is 1. The van der Waals surface area contributed by atoms with Crippen LogP contribution in [0.25, 0.3) is 11.3 Å². The molecule has 120 valence electrons. The Kier molecular flexibility index (Phi) is 4.44. The van der Waals surface area contributed by atoms with Gasteiger partial charge in [0, 0.05) is 22.5 Å². The molecule has 0 saturated heterocycles. The molecule has 0 aliphatic heterocycles. The highest BCUT2D eigenvalue weighted by atomic mass is 35.5. The normalized spacial score (nSPS) is 10.4. The Bertz CT molecular complexity index is 912. The molecule has 0 fully saturated rings. The summed E-state index contributed by atoms with van der Waals surface area (Å²) in [4.78, 5) is 20.8. The molecule has 2 N–H and O–H groups in total. The smallest absolute Gasteiger partial charge is 0.259 e. The summed E-state index contributed by atoms with van der Waals surface area (Å²) in [6.07, 6.45) is 1.69. The van der Waals surface area contributed by atoms with Crippen LogP contribution in [-0.4, -0.2) is 21.0 Å². The zero-order valence-corrected chi connectivity index (χ0v) is 13.6. The molecule has 0 aliphatic rings. The van der Waals surface area contributed by atoms with E-state index >= 15 is 0 Å². The van der Waals surface area contributed by atoms with Gasteiger partial charge < -0.3 is 10.4 Å². The third-order valence-electron chi connectivity index (χ3n) is 3.40. The van der Waals surface area contributed by atoms with Crippen LogP contribution in [0.1, 0.15) is 16.2 Å². The van der Waals surface area contributed by atoms with Gasteiger partial charge in [-0.05, 0) is 43.3 Å². The molecule has 0 radical (unpaired) electrons. The summed E-state index contributed by atoms with van der Waals surface area (Å²) in [7, 11) is 0. The maximum atomic E-state index is 12.3. The second-order valence-electron chi connectivity index (χ2n) is 5.19. The van der Waals surface area contributed by atoms with Gasteiger partial charge in [0.25, 0.3) is 5.91 Å². The molecule has 1 heterocycles. The molecule has 0 atom stereocenters. The van der Waals surface area contributed by atoms with Gasteiger partial charge in [0.1, 0.15) is 11.6 Å². The Morgan fingerprint density at radius 3 is 2.79 bits per heavy atom. The minimum Gasteiger partial charge on any atom is -0.507 e. The zero-order chi connectivity index (χ0) is 17.1. The monoisotopic (exact) mass is 339 g/mol. The highest BCUT2D eigenvalue weighted by Gasteiger charge is 2.12. The molecule has 6 heteroatoms. The van der Waals surface area contributed by atoms with Crippen molar-refractivity contribution in [1.82, 2.24) is 9.97 Å². The van der Waals surface area contributed by atoms with Crippen molar-refractivity contribution in [3.05, 3.63) is 71.1 Å². The molecule has 5 nitrogen and oxygen atoms in total. The number of phenolic OH excluding ortho intramolecular Hbond substituents is 1. The summed E-state index contributed by atoms with van der Waals surface area (Å²) in [5.74, 6) is 0.108. The first-order chi connectivity index (χ1) is 11.5. The van der Waals surface area contributed by atoms with Crippen molar-refractivity contribution in [2.24, 2.45) is 0 Å². The number of amides is 1. The number of halogens is 1. The lowest BCUT2D eigenvalue weighted by Crippen LogP contribution is -2.12.